The van der Waals surface area contributed by atoms with E-state index >= 15 is 0 Å². The van der Waals surface area contributed by atoms with Crippen LogP contribution in [0.4, 0.5) is 0 Å². The summed E-state index contributed by atoms with van der Waals surface area (Å²) in [6.45, 7) is 4.06. The maximum atomic E-state index is 12.3. The van der Waals surface area contributed by atoms with Crippen molar-refractivity contribution in [1.29, 1.82) is 0 Å². The number of piperazine rings is 1. The van der Waals surface area contributed by atoms with E-state index < -0.39 is 6.04 Å². The maximum absolute atomic E-state index is 12.3. The number of fused-ring (bicyclic) bond motifs is 1. The van der Waals surface area contributed by atoms with Crippen molar-refractivity contribution in [3.63, 3.8) is 0 Å². The summed E-state index contributed by atoms with van der Waals surface area (Å²) in [5, 5.41) is 7.69. The van der Waals surface area contributed by atoms with Crippen LogP contribution in [0, 0.1) is 5.92 Å². The molecule has 4 heteroatoms. The third kappa shape index (κ3) is 3.26. The van der Waals surface area contributed by atoms with E-state index in [1.54, 1.807) is 6.08 Å². The molecule has 23 heavy (non-hydrogen) atoms. The molecular weight excluding hydrogens is 288 g/mol. The van der Waals surface area contributed by atoms with Crippen LogP contribution in [0.15, 0.2) is 48.2 Å². The van der Waals surface area contributed by atoms with Crippen molar-refractivity contribution < 1.29 is 9.59 Å². The third-order valence-corrected chi connectivity index (χ3v) is 3.95. The van der Waals surface area contributed by atoms with Crippen LogP contribution in [-0.2, 0) is 9.59 Å². The van der Waals surface area contributed by atoms with Gasteiger partial charge in [-0.1, -0.05) is 56.3 Å². The topological polar surface area (TPSA) is 58.2 Å². The number of hydrogen-bond acceptors (Lipinski definition) is 2. The molecule has 1 fully saturated rings. The van der Waals surface area contributed by atoms with E-state index in [0.717, 1.165) is 16.3 Å². The zero-order chi connectivity index (χ0) is 16.4. The molecule has 0 aromatic heterocycles. The Labute approximate surface area is 135 Å². The first-order valence-corrected chi connectivity index (χ1v) is 7.86. The average molecular weight is 308 g/mol. The number of rotatable bonds is 3. The number of carbonyl (C=O) groups is 2. The fourth-order valence-corrected chi connectivity index (χ4v) is 2.85. The minimum Gasteiger partial charge on any atom is -0.339 e. The zero-order valence-electron chi connectivity index (χ0n) is 13.3. The third-order valence-electron chi connectivity index (χ3n) is 3.95. The van der Waals surface area contributed by atoms with Crippen LogP contribution in [0.25, 0.3) is 16.8 Å². The highest BCUT2D eigenvalue weighted by molar-refractivity contribution is 6.08. The van der Waals surface area contributed by atoms with Gasteiger partial charge in [0.2, 0.25) is 5.91 Å². The first-order chi connectivity index (χ1) is 11.0. The van der Waals surface area contributed by atoms with Crippen LogP contribution in [-0.4, -0.2) is 17.9 Å². The van der Waals surface area contributed by atoms with E-state index in [9.17, 15) is 9.59 Å². The van der Waals surface area contributed by atoms with Crippen molar-refractivity contribution in [3.8, 4) is 0 Å². The molecule has 2 amide bonds. The summed E-state index contributed by atoms with van der Waals surface area (Å²) in [6, 6.07) is 13.4. The fourth-order valence-electron chi connectivity index (χ4n) is 2.85. The highest BCUT2D eigenvalue weighted by atomic mass is 16.2. The van der Waals surface area contributed by atoms with E-state index in [-0.39, 0.29) is 11.8 Å². The predicted molar refractivity (Wildman–Crippen MR) is 91.5 cm³/mol. The molecular formula is C19H20N2O2. The summed E-state index contributed by atoms with van der Waals surface area (Å²) in [5.74, 6) is -0.0392. The lowest BCUT2D eigenvalue weighted by molar-refractivity contribution is -0.131. The number of hydrogen-bond donors (Lipinski definition) is 2. The van der Waals surface area contributed by atoms with Crippen molar-refractivity contribution in [1.82, 2.24) is 10.6 Å². The van der Waals surface area contributed by atoms with Gasteiger partial charge in [-0.05, 0) is 34.8 Å². The minimum atomic E-state index is -0.452. The second kappa shape index (κ2) is 6.24. The van der Waals surface area contributed by atoms with Gasteiger partial charge in [-0.3, -0.25) is 9.59 Å². The van der Waals surface area contributed by atoms with Crippen molar-refractivity contribution >= 4 is 28.7 Å². The zero-order valence-corrected chi connectivity index (χ0v) is 13.3. The maximum Gasteiger partial charge on any atom is 0.268 e. The second-order valence-electron chi connectivity index (χ2n) is 6.27. The van der Waals surface area contributed by atoms with Crippen molar-refractivity contribution in [2.24, 2.45) is 5.92 Å². The summed E-state index contributed by atoms with van der Waals surface area (Å²) < 4.78 is 0. The van der Waals surface area contributed by atoms with Crippen molar-refractivity contribution in [2.45, 2.75) is 26.3 Å². The first kappa shape index (κ1) is 15.3. The quantitative estimate of drug-likeness (QED) is 0.857. The van der Waals surface area contributed by atoms with E-state index in [1.807, 2.05) is 56.3 Å². The SMILES string of the molecule is CC(C)C[C@H]1NC(=O)/C(=C\c2cccc3ccccc23)NC1=O. The van der Waals surface area contributed by atoms with Gasteiger partial charge in [0, 0.05) is 0 Å². The Morgan fingerprint density at radius 1 is 1.09 bits per heavy atom. The molecule has 0 radical (unpaired) electrons. The molecule has 4 nitrogen and oxygen atoms in total. The van der Waals surface area contributed by atoms with Gasteiger partial charge in [-0.2, -0.15) is 0 Å². The van der Waals surface area contributed by atoms with Gasteiger partial charge >= 0.3 is 0 Å². The Morgan fingerprint density at radius 2 is 1.83 bits per heavy atom. The van der Waals surface area contributed by atoms with Crippen LogP contribution in [0.3, 0.4) is 0 Å². The Balaban J connectivity index is 1.91. The lowest BCUT2D eigenvalue weighted by atomic mass is 10.00. The summed E-state index contributed by atoms with van der Waals surface area (Å²) >= 11 is 0. The molecule has 0 bridgehead atoms. The van der Waals surface area contributed by atoms with Gasteiger partial charge in [-0.15, -0.1) is 0 Å². The van der Waals surface area contributed by atoms with Gasteiger partial charge in [-0.25, -0.2) is 0 Å². The average Bonchev–Trinajstić information content (AvgIpc) is 2.52. The molecule has 1 atom stereocenters. The molecule has 1 aliphatic rings. The Bertz CT molecular complexity index is 788. The van der Waals surface area contributed by atoms with Gasteiger partial charge in [0.15, 0.2) is 0 Å². The standard InChI is InChI=1S/C19H20N2O2/c1-12(2)10-16-18(22)21-17(19(23)20-16)11-14-8-5-7-13-6-3-4-9-15(13)14/h3-9,11-12,16H,10H2,1-2H3,(H,20,23)(H,21,22)/b17-11+/t16-/m1/s1. The molecule has 1 aliphatic heterocycles. The minimum absolute atomic E-state index is 0.148. The van der Waals surface area contributed by atoms with Crippen LogP contribution >= 0.6 is 0 Å². The number of carbonyl (C=O) groups excluding carboxylic acids is 2. The Kier molecular flexibility index (Phi) is 4.15. The fraction of sp³-hybridized carbons (Fsp3) is 0.263. The lowest BCUT2D eigenvalue weighted by Gasteiger charge is -2.26. The summed E-state index contributed by atoms with van der Waals surface area (Å²) in [5.41, 5.74) is 1.21. The van der Waals surface area contributed by atoms with E-state index in [4.69, 9.17) is 0 Å². The summed E-state index contributed by atoms with van der Waals surface area (Å²) in [4.78, 5) is 24.5. The smallest absolute Gasteiger partial charge is 0.268 e. The largest absolute Gasteiger partial charge is 0.339 e. The molecule has 0 spiro atoms. The first-order valence-electron chi connectivity index (χ1n) is 7.86. The normalized spacial score (nSPS) is 20.0. The molecule has 1 saturated heterocycles. The monoisotopic (exact) mass is 308 g/mol. The van der Waals surface area contributed by atoms with Gasteiger partial charge < -0.3 is 10.6 Å². The molecule has 0 aliphatic carbocycles. The second-order valence-corrected chi connectivity index (χ2v) is 6.27. The van der Waals surface area contributed by atoms with Crippen molar-refractivity contribution in [2.75, 3.05) is 0 Å². The molecule has 118 valence electrons. The van der Waals surface area contributed by atoms with Gasteiger partial charge in [0.25, 0.3) is 5.91 Å². The highest BCUT2D eigenvalue weighted by Gasteiger charge is 2.30. The van der Waals surface area contributed by atoms with E-state index in [1.165, 1.54) is 0 Å². The Morgan fingerprint density at radius 3 is 2.61 bits per heavy atom. The number of benzene rings is 2. The van der Waals surface area contributed by atoms with Gasteiger partial charge in [0.1, 0.15) is 11.7 Å². The summed E-state index contributed by atoms with van der Waals surface area (Å²) in [7, 11) is 0. The molecule has 0 unspecified atom stereocenters. The van der Waals surface area contributed by atoms with Crippen LogP contribution in [0.5, 0.6) is 0 Å². The highest BCUT2D eigenvalue weighted by Crippen LogP contribution is 2.21. The Hall–Kier alpha value is -2.62. The predicted octanol–water partition coefficient (Wildman–Crippen LogP) is 2.84. The molecule has 3 rings (SSSR count). The van der Waals surface area contributed by atoms with Crippen molar-refractivity contribution in [3.05, 3.63) is 53.7 Å². The molecule has 2 N–H and O–H groups in total. The number of nitrogens with one attached hydrogen (secondary N) is 2. The lowest BCUT2D eigenvalue weighted by Crippen LogP contribution is -2.55. The molecule has 1 heterocycles. The molecule has 2 aromatic carbocycles. The molecule has 2 aromatic rings. The summed E-state index contributed by atoms with van der Waals surface area (Å²) in [6.07, 6.45) is 2.38. The van der Waals surface area contributed by atoms with E-state index in [2.05, 4.69) is 10.6 Å². The molecule has 0 saturated carbocycles. The van der Waals surface area contributed by atoms with Crippen LogP contribution in [0.2, 0.25) is 0 Å². The van der Waals surface area contributed by atoms with Gasteiger partial charge in [0.05, 0.1) is 0 Å². The van der Waals surface area contributed by atoms with Crippen LogP contribution in [0.1, 0.15) is 25.8 Å². The number of amides is 2. The van der Waals surface area contributed by atoms with E-state index in [0.29, 0.717) is 18.0 Å². The van der Waals surface area contributed by atoms with Crippen LogP contribution < -0.4 is 10.6 Å².